The summed E-state index contributed by atoms with van der Waals surface area (Å²) in [6, 6.07) is 2.41. The third-order valence-corrected chi connectivity index (χ3v) is 3.61. The zero-order chi connectivity index (χ0) is 12.9. The fraction of sp³-hybridized carbons (Fsp3) is 0.615. The van der Waals surface area contributed by atoms with E-state index in [1.165, 1.54) is 0 Å². The van der Waals surface area contributed by atoms with Crippen molar-refractivity contribution in [2.45, 2.75) is 26.2 Å². The van der Waals surface area contributed by atoms with Crippen LogP contribution in [0.4, 0.5) is 0 Å². The third-order valence-electron chi connectivity index (χ3n) is 3.24. The number of nitrogens with zero attached hydrogens (tertiary/aromatic N) is 1. The van der Waals surface area contributed by atoms with Gasteiger partial charge in [-0.15, -0.1) is 0 Å². The van der Waals surface area contributed by atoms with Crippen LogP contribution in [0.5, 0.6) is 0 Å². The molecule has 94 valence electrons. The van der Waals surface area contributed by atoms with Crippen molar-refractivity contribution in [1.82, 2.24) is 5.32 Å². The largest absolute Gasteiger partial charge is 0.496 e. The molecule has 0 aromatic carbocycles. The fourth-order valence-corrected chi connectivity index (χ4v) is 2.17. The van der Waals surface area contributed by atoms with Crippen LogP contribution >= 0.6 is 11.6 Å². The first kappa shape index (κ1) is 14.1. The molecule has 0 aromatic heterocycles. The van der Waals surface area contributed by atoms with Crippen LogP contribution in [0, 0.1) is 16.7 Å². The maximum absolute atomic E-state index is 9.38. The van der Waals surface area contributed by atoms with Gasteiger partial charge in [0.05, 0.1) is 23.6 Å². The highest BCUT2D eigenvalue weighted by atomic mass is 35.5. The lowest BCUT2D eigenvalue weighted by atomic mass is 9.76. The molecule has 0 heterocycles. The first-order valence-electron chi connectivity index (χ1n) is 5.77. The Morgan fingerprint density at radius 1 is 1.59 bits per heavy atom. The minimum atomic E-state index is -0.440. The van der Waals surface area contributed by atoms with E-state index in [1.807, 2.05) is 20.0 Å². The molecule has 1 N–H and O–H groups in total. The van der Waals surface area contributed by atoms with Gasteiger partial charge in [0.1, 0.15) is 5.76 Å². The van der Waals surface area contributed by atoms with Crippen LogP contribution in [0.15, 0.2) is 22.4 Å². The van der Waals surface area contributed by atoms with E-state index in [0.29, 0.717) is 5.76 Å². The average Bonchev–Trinajstić information content (AvgIpc) is 2.36. The van der Waals surface area contributed by atoms with Crippen molar-refractivity contribution in [2.24, 2.45) is 5.41 Å². The van der Waals surface area contributed by atoms with Crippen LogP contribution in [0.25, 0.3) is 0 Å². The van der Waals surface area contributed by atoms with Gasteiger partial charge in [0, 0.05) is 0 Å². The summed E-state index contributed by atoms with van der Waals surface area (Å²) in [5.41, 5.74) is 0.668. The van der Waals surface area contributed by atoms with E-state index in [0.717, 1.165) is 36.4 Å². The Labute approximate surface area is 108 Å². The van der Waals surface area contributed by atoms with Gasteiger partial charge in [0.25, 0.3) is 0 Å². The number of hydrogen-bond acceptors (Lipinski definition) is 3. The minimum absolute atomic E-state index is 0.440. The maximum Gasteiger partial charge on any atom is 0.133 e. The second kappa shape index (κ2) is 6.09. The van der Waals surface area contributed by atoms with Gasteiger partial charge in [0.2, 0.25) is 0 Å². The summed E-state index contributed by atoms with van der Waals surface area (Å²) in [5, 5.41) is 13.2. The molecule has 0 bridgehead atoms. The summed E-state index contributed by atoms with van der Waals surface area (Å²) in [6.07, 6.45) is 4.30. The van der Waals surface area contributed by atoms with Crippen LogP contribution in [0.2, 0.25) is 0 Å². The van der Waals surface area contributed by atoms with Crippen molar-refractivity contribution >= 4 is 11.6 Å². The van der Waals surface area contributed by atoms with Crippen LogP contribution in [0.3, 0.4) is 0 Å². The normalized spacial score (nSPS) is 19.4. The van der Waals surface area contributed by atoms with E-state index in [2.05, 4.69) is 11.4 Å². The molecule has 0 fully saturated rings. The van der Waals surface area contributed by atoms with Crippen molar-refractivity contribution in [3.05, 3.63) is 22.4 Å². The van der Waals surface area contributed by atoms with Crippen LogP contribution in [0.1, 0.15) is 26.2 Å². The number of ether oxygens (including phenoxy) is 1. The van der Waals surface area contributed by atoms with Gasteiger partial charge < -0.3 is 10.1 Å². The fourth-order valence-electron chi connectivity index (χ4n) is 1.94. The Kier molecular flexibility index (Phi) is 5.04. The van der Waals surface area contributed by atoms with Gasteiger partial charge in [-0.2, -0.15) is 5.26 Å². The van der Waals surface area contributed by atoms with Crippen molar-refractivity contribution < 1.29 is 4.74 Å². The number of rotatable bonds is 5. The molecule has 0 aliphatic heterocycles. The van der Waals surface area contributed by atoms with E-state index in [9.17, 15) is 5.26 Å². The molecule has 1 aliphatic rings. The second-order valence-corrected chi connectivity index (χ2v) is 4.90. The number of nitriles is 1. The Hall–Kier alpha value is -0.980. The molecular weight excluding hydrogens is 236 g/mol. The first-order valence-corrected chi connectivity index (χ1v) is 6.14. The standard InChI is InChI=1S/C13H19ClN2O/c1-13(9-15,6-7-16-2)10-4-5-11(14)12(8-10)17-3/h8,16H,4-7H2,1-3H3. The van der Waals surface area contributed by atoms with Gasteiger partial charge in [0.15, 0.2) is 0 Å². The Bertz CT molecular complexity index is 381. The number of methoxy groups -OCH3 is 1. The summed E-state index contributed by atoms with van der Waals surface area (Å²) in [5.74, 6) is 0.693. The van der Waals surface area contributed by atoms with Crippen LogP contribution in [-0.4, -0.2) is 20.7 Å². The van der Waals surface area contributed by atoms with Crippen molar-refractivity contribution in [2.75, 3.05) is 20.7 Å². The second-order valence-electron chi connectivity index (χ2n) is 4.44. The van der Waals surface area contributed by atoms with E-state index in [4.69, 9.17) is 16.3 Å². The average molecular weight is 255 g/mol. The molecule has 0 radical (unpaired) electrons. The summed E-state index contributed by atoms with van der Waals surface area (Å²) in [6.45, 7) is 2.80. The lowest BCUT2D eigenvalue weighted by Gasteiger charge is -2.28. The molecule has 0 saturated carbocycles. The van der Waals surface area contributed by atoms with Gasteiger partial charge >= 0.3 is 0 Å². The number of halogens is 1. The molecule has 0 spiro atoms. The summed E-state index contributed by atoms with van der Waals surface area (Å²) in [4.78, 5) is 0. The molecule has 0 saturated heterocycles. The smallest absolute Gasteiger partial charge is 0.133 e. The van der Waals surface area contributed by atoms with E-state index < -0.39 is 5.41 Å². The summed E-state index contributed by atoms with van der Waals surface area (Å²) >= 11 is 6.06. The van der Waals surface area contributed by atoms with Crippen molar-refractivity contribution in [3.63, 3.8) is 0 Å². The predicted octanol–water partition coefficient (Wildman–Crippen LogP) is 2.94. The highest BCUT2D eigenvalue weighted by Gasteiger charge is 2.30. The van der Waals surface area contributed by atoms with E-state index in [1.54, 1.807) is 7.11 Å². The Morgan fingerprint density at radius 2 is 2.29 bits per heavy atom. The molecule has 17 heavy (non-hydrogen) atoms. The first-order chi connectivity index (χ1) is 8.07. The van der Waals surface area contributed by atoms with Crippen molar-refractivity contribution in [1.29, 1.82) is 5.26 Å². The van der Waals surface area contributed by atoms with Gasteiger partial charge in [-0.25, -0.2) is 0 Å². The SMILES string of the molecule is CNCCC(C)(C#N)C1=CC(OC)=C(Cl)CC1. The zero-order valence-corrected chi connectivity index (χ0v) is 11.4. The molecule has 0 amide bonds. The Morgan fingerprint density at radius 3 is 2.82 bits per heavy atom. The topological polar surface area (TPSA) is 45.0 Å². The monoisotopic (exact) mass is 254 g/mol. The quantitative estimate of drug-likeness (QED) is 0.821. The molecule has 0 aromatic rings. The van der Waals surface area contributed by atoms with Crippen molar-refractivity contribution in [3.8, 4) is 6.07 Å². The number of nitrogens with one attached hydrogen (secondary N) is 1. The molecule has 4 heteroatoms. The molecule has 1 atom stereocenters. The zero-order valence-electron chi connectivity index (χ0n) is 10.6. The summed E-state index contributed by atoms with van der Waals surface area (Å²) in [7, 11) is 3.50. The van der Waals surface area contributed by atoms with E-state index >= 15 is 0 Å². The van der Waals surface area contributed by atoms with Gasteiger partial charge in [-0.05, 0) is 51.4 Å². The molecule has 1 aliphatic carbocycles. The predicted molar refractivity (Wildman–Crippen MR) is 69.5 cm³/mol. The van der Waals surface area contributed by atoms with Crippen LogP contribution < -0.4 is 5.32 Å². The number of allylic oxidation sites excluding steroid dienone is 3. The van der Waals surface area contributed by atoms with Gasteiger partial charge in [-0.3, -0.25) is 0 Å². The minimum Gasteiger partial charge on any atom is -0.496 e. The third kappa shape index (κ3) is 3.24. The maximum atomic E-state index is 9.38. The lowest BCUT2D eigenvalue weighted by Crippen LogP contribution is -2.24. The molecule has 1 unspecified atom stereocenters. The molecule has 1 rings (SSSR count). The Balaban J connectivity index is 2.95. The van der Waals surface area contributed by atoms with Crippen LogP contribution in [-0.2, 0) is 4.74 Å². The summed E-state index contributed by atoms with van der Waals surface area (Å²) < 4.78 is 5.22. The molecular formula is C13H19ClN2O. The highest BCUT2D eigenvalue weighted by Crippen LogP contribution is 2.39. The molecule has 3 nitrogen and oxygen atoms in total. The number of hydrogen-bond donors (Lipinski definition) is 1. The van der Waals surface area contributed by atoms with Gasteiger partial charge in [-0.1, -0.05) is 11.6 Å². The highest BCUT2D eigenvalue weighted by molar-refractivity contribution is 6.30. The lowest BCUT2D eigenvalue weighted by molar-refractivity contribution is 0.298. The van der Waals surface area contributed by atoms with E-state index in [-0.39, 0.29) is 0 Å².